The summed E-state index contributed by atoms with van der Waals surface area (Å²) in [6.07, 6.45) is 5.65. The number of ether oxygens (including phenoxy) is 1. The van der Waals surface area contributed by atoms with Crippen LogP contribution >= 0.6 is 0 Å². The Morgan fingerprint density at radius 1 is 1.25 bits per heavy atom. The summed E-state index contributed by atoms with van der Waals surface area (Å²) < 4.78 is 5.44. The van der Waals surface area contributed by atoms with Gasteiger partial charge in [0.25, 0.3) is 0 Å². The SMILES string of the molecule is CCCCCCC1CN(c2ccc(NC)cc2)C(=O)O1. The molecule has 0 radical (unpaired) electrons. The van der Waals surface area contributed by atoms with Gasteiger partial charge in [0.1, 0.15) is 6.10 Å². The average molecular weight is 276 g/mol. The van der Waals surface area contributed by atoms with E-state index in [9.17, 15) is 4.79 Å². The summed E-state index contributed by atoms with van der Waals surface area (Å²) in [6, 6.07) is 7.84. The van der Waals surface area contributed by atoms with Gasteiger partial charge in [-0.2, -0.15) is 0 Å². The molecule has 1 aliphatic rings. The fourth-order valence-corrected chi connectivity index (χ4v) is 2.49. The van der Waals surface area contributed by atoms with Gasteiger partial charge in [0.15, 0.2) is 0 Å². The van der Waals surface area contributed by atoms with Crippen molar-refractivity contribution in [2.24, 2.45) is 0 Å². The Kier molecular flexibility index (Phi) is 5.27. The maximum absolute atomic E-state index is 11.9. The molecule has 1 aliphatic heterocycles. The van der Waals surface area contributed by atoms with E-state index in [1.54, 1.807) is 4.90 Å². The second kappa shape index (κ2) is 7.17. The van der Waals surface area contributed by atoms with Gasteiger partial charge >= 0.3 is 6.09 Å². The smallest absolute Gasteiger partial charge is 0.414 e. The number of hydrogen-bond donors (Lipinski definition) is 1. The molecular formula is C16H24N2O2. The van der Waals surface area contributed by atoms with E-state index in [0.717, 1.165) is 24.2 Å². The molecule has 110 valence electrons. The Bertz CT molecular complexity index is 431. The van der Waals surface area contributed by atoms with Crippen molar-refractivity contribution in [3.63, 3.8) is 0 Å². The lowest BCUT2D eigenvalue weighted by atomic mass is 10.1. The van der Waals surface area contributed by atoms with Gasteiger partial charge in [0, 0.05) is 18.4 Å². The molecule has 0 spiro atoms. The van der Waals surface area contributed by atoms with Gasteiger partial charge < -0.3 is 10.1 Å². The van der Waals surface area contributed by atoms with Crippen LogP contribution in [0.1, 0.15) is 39.0 Å². The lowest BCUT2D eigenvalue weighted by molar-refractivity contribution is 0.135. The molecule has 0 bridgehead atoms. The Hall–Kier alpha value is -1.71. The summed E-state index contributed by atoms with van der Waals surface area (Å²) in [4.78, 5) is 13.6. The minimum absolute atomic E-state index is 0.0448. The molecule has 1 heterocycles. The maximum Gasteiger partial charge on any atom is 0.414 e. The van der Waals surface area contributed by atoms with Gasteiger partial charge in [0.05, 0.1) is 6.54 Å². The van der Waals surface area contributed by atoms with Gasteiger partial charge in [-0.15, -0.1) is 0 Å². The first-order valence-electron chi connectivity index (χ1n) is 7.50. The van der Waals surface area contributed by atoms with Crippen LogP contribution in [0.5, 0.6) is 0 Å². The highest BCUT2D eigenvalue weighted by Gasteiger charge is 2.31. The number of benzene rings is 1. The van der Waals surface area contributed by atoms with Gasteiger partial charge in [-0.05, 0) is 37.1 Å². The van der Waals surface area contributed by atoms with E-state index in [0.29, 0.717) is 6.54 Å². The summed E-state index contributed by atoms with van der Waals surface area (Å²) in [5.74, 6) is 0. The second-order valence-electron chi connectivity index (χ2n) is 5.26. The molecular weight excluding hydrogens is 252 g/mol. The molecule has 0 saturated carbocycles. The number of hydrogen-bond acceptors (Lipinski definition) is 3. The number of rotatable bonds is 7. The first-order chi connectivity index (χ1) is 9.74. The predicted octanol–water partition coefficient (Wildman–Crippen LogP) is 4.02. The molecule has 1 atom stereocenters. The zero-order chi connectivity index (χ0) is 14.4. The number of carbonyl (C=O) groups is 1. The van der Waals surface area contributed by atoms with Crippen LogP contribution in [0.15, 0.2) is 24.3 Å². The largest absolute Gasteiger partial charge is 0.444 e. The molecule has 20 heavy (non-hydrogen) atoms. The topological polar surface area (TPSA) is 41.6 Å². The monoisotopic (exact) mass is 276 g/mol. The van der Waals surface area contributed by atoms with E-state index in [1.807, 2.05) is 31.3 Å². The van der Waals surface area contributed by atoms with Crippen LogP contribution < -0.4 is 10.2 Å². The summed E-state index contributed by atoms with van der Waals surface area (Å²) in [7, 11) is 1.88. The third-order valence-corrected chi connectivity index (χ3v) is 3.72. The van der Waals surface area contributed by atoms with Crippen LogP contribution in [0, 0.1) is 0 Å². The highest BCUT2D eigenvalue weighted by atomic mass is 16.6. The number of amides is 1. The summed E-state index contributed by atoms with van der Waals surface area (Å²) >= 11 is 0. The fraction of sp³-hybridized carbons (Fsp3) is 0.562. The van der Waals surface area contributed by atoms with Crippen molar-refractivity contribution in [2.45, 2.75) is 45.1 Å². The Labute approximate surface area is 121 Å². The van der Waals surface area contributed by atoms with Crippen molar-refractivity contribution < 1.29 is 9.53 Å². The average Bonchev–Trinajstić information content (AvgIpc) is 2.85. The van der Waals surface area contributed by atoms with Crippen molar-refractivity contribution in [3.8, 4) is 0 Å². The van der Waals surface area contributed by atoms with Crippen LogP contribution in [-0.2, 0) is 4.74 Å². The Balaban J connectivity index is 1.88. The quantitative estimate of drug-likeness (QED) is 0.765. The summed E-state index contributed by atoms with van der Waals surface area (Å²) in [6.45, 7) is 2.87. The van der Waals surface area contributed by atoms with Gasteiger partial charge in [-0.3, -0.25) is 4.90 Å². The maximum atomic E-state index is 11.9. The molecule has 2 rings (SSSR count). The van der Waals surface area contributed by atoms with Crippen LogP contribution in [0.4, 0.5) is 16.2 Å². The van der Waals surface area contributed by atoms with Crippen LogP contribution in [0.2, 0.25) is 0 Å². The van der Waals surface area contributed by atoms with Crippen LogP contribution in [-0.4, -0.2) is 25.8 Å². The minimum atomic E-state index is -0.220. The number of unbranched alkanes of at least 4 members (excludes halogenated alkanes) is 3. The lowest BCUT2D eigenvalue weighted by Crippen LogP contribution is -2.24. The van der Waals surface area contributed by atoms with Crippen molar-refractivity contribution in [2.75, 3.05) is 23.8 Å². The van der Waals surface area contributed by atoms with E-state index in [1.165, 1.54) is 19.3 Å². The predicted molar refractivity (Wildman–Crippen MR) is 82.4 cm³/mol. The Morgan fingerprint density at radius 3 is 2.65 bits per heavy atom. The van der Waals surface area contributed by atoms with Crippen molar-refractivity contribution >= 4 is 17.5 Å². The number of nitrogens with zero attached hydrogens (tertiary/aromatic N) is 1. The third-order valence-electron chi connectivity index (χ3n) is 3.72. The molecule has 1 aromatic rings. The van der Waals surface area contributed by atoms with Crippen molar-refractivity contribution in [1.82, 2.24) is 0 Å². The van der Waals surface area contributed by atoms with Crippen molar-refractivity contribution in [3.05, 3.63) is 24.3 Å². The lowest BCUT2D eigenvalue weighted by Gasteiger charge is -2.13. The molecule has 1 unspecified atom stereocenters. The highest BCUT2D eigenvalue weighted by molar-refractivity contribution is 5.89. The van der Waals surface area contributed by atoms with Crippen LogP contribution in [0.3, 0.4) is 0 Å². The summed E-state index contributed by atoms with van der Waals surface area (Å²) in [5.41, 5.74) is 1.95. The van der Waals surface area contributed by atoms with E-state index in [-0.39, 0.29) is 12.2 Å². The zero-order valence-electron chi connectivity index (χ0n) is 12.4. The van der Waals surface area contributed by atoms with Gasteiger partial charge in [-0.1, -0.05) is 26.2 Å². The molecule has 4 nitrogen and oxygen atoms in total. The first kappa shape index (κ1) is 14.7. The number of carbonyl (C=O) groups excluding carboxylic acids is 1. The second-order valence-corrected chi connectivity index (χ2v) is 5.26. The highest BCUT2D eigenvalue weighted by Crippen LogP contribution is 2.25. The van der Waals surface area contributed by atoms with Crippen LogP contribution in [0.25, 0.3) is 0 Å². The zero-order valence-corrected chi connectivity index (χ0v) is 12.4. The van der Waals surface area contributed by atoms with Crippen molar-refractivity contribution in [1.29, 1.82) is 0 Å². The van der Waals surface area contributed by atoms with E-state index in [2.05, 4.69) is 12.2 Å². The molecule has 1 fully saturated rings. The van der Waals surface area contributed by atoms with Gasteiger partial charge in [-0.25, -0.2) is 4.79 Å². The molecule has 1 N–H and O–H groups in total. The number of anilines is 2. The number of nitrogens with one attached hydrogen (secondary N) is 1. The first-order valence-corrected chi connectivity index (χ1v) is 7.50. The Morgan fingerprint density at radius 2 is 2.00 bits per heavy atom. The molecule has 0 aliphatic carbocycles. The molecule has 4 heteroatoms. The van der Waals surface area contributed by atoms with E-state index < -0.39 is 0 Å². The molecule has 1 amide bonds. The van der Waals surface area contributed by atoms with E-state index in [4.69, 9.17) is 4.74 Å². The third kappa shape index (κ3) is 3.65. The minimum Gasteiger partial charge on any atom is -0.444 e. The van der Waals surface area contributed by atoms with Gasteiger partial charge in [0.2, 0.25) is 0 Å². The normalized spacial score (nSPS) is 18.2. The van der Waals surface area contributed by atoms with E-state index >= 15 is 0 Å². The molecule has 0 aromatic heterocycles. The molecule has 1 saturated heterocycles. The number of cyclic esters (lactones) is 1. The summed E-state index contributed by atoms with van der Waals surface area (Å²) in [5, 5.41) is 3.07. The molecule has 1 aromatic carbocycles. The standard InChI is InChI=1S/C16H24N2O2/c1-3-4-5-6-7-15-12-18(16(19)20-15)14-10-8-13(17-2)9-11-14/h8-11,15,17H,3-7,12H2,1-2H3. The fourth-order valence-electron chi connectivity index (χ4n) is 2.49.